The maximum Gasteiger partial charge on any atom is 0.107 e. The van der Waals surface area contributed by atoms with Crippen molar-refractivity contribution in [2.24, 2.45) is 0 Å². The molecule has 0 aliphatic carbocycles. The lowest BCUT2D eigenvalue weighted by atomic mass is 10.0. The number of anilines is 1. The third kappa shape index (κ3) is 2.44. The molecule has 1 aromatic carbocycles. The zero-order valence-electron chi connectivity index (χ0n) is 8.45. The molecule has 0 aromatic heterocycles. The van der Waals surface area contributed by atoms with Crippen molar-refractivity contribution in [3.8, 4) is 0 Å². The maximum absolute atomic E-state index is 11.9. The number of rotatable bonds is 3. The Hall–Kier alpha value is -1.05. The molecule has 0 heterocycles. The third-order valence-electron chi connectivity index (χ3n) is 2.35. The van der Waals surface area contributed by atoms with Gasteiger partial charge in [0.15, 0.2) is 0 Å². The Bertz CT molecular complexity index is 271. The smallest absolute Gasteiger partial charge is 0.107 e. The van der Waals surface area contributed by atoms with Crippen molar-refractivity contribution in [1.82, 2.24) is 0 Å². The molecule has 0 fully saturated rings. The first-order valence-electron chi connectivity index (χ1n) is 4.53. The van der Waals surface area contributed by atoms with Crippen molar-refractivity contribution in [3.63, 3.8) is 0 Å². The van der Waals surface area contributed by atoms with E-state index < -0.39 is 0 Å². The van der Waals surface area contributed by atoms with E-state index >= 15 is 0 Å². The number of hydrogen-bond donors (Lipinski definition) is 1. The average molecular weight is 181 g/mol. The summed E-state index contributed by atoms with van der Waals surface area (Å²) in [7, 11) is 0. The molecular weight excluding hydrogens is 165 g/mol. The summed E-state index contributed by atoms with van der Waals surface area (Å²) in [6.07, 6.45) is 0. The SMILES string of the molecule is Cc1cc(NCCF)cc(C)c1C. The van der Waals surface area contributed by atoms with Gasteiger partial charge in [-0.05, 0) is 49.6 Å². The van der Waals surface area contributed by atoms with Gasteiger partial charge in [-0.25, -0.2) is 4.39 Å². The van der Waals surface area contributed by atoms with Gasteiger partial charge >= 0.3 is 0 Å². The van der Waals surface area contributed by atoms with Gasteiger partial charge in [0, 0.05) is 12.2 Å². The second-order valence-corrected chi connectivity index (χ2v) is 3.35. The number of aryl methyl sites for hydroxylation is 2. The van der Waals surface area contributed by atoms with E-state index in [0.29, 0.717) is 6.54 Å². The first-order chi connectivity index (χ1) is 6.15. The van der Waals surface area contributed by atoms with Crippen LogP contribution in [0.3, 0.4) is 0 Å². The molecule has 0 radical (unpaired) electrons. The lowest BCUT2D eigenvalue weighted by Crippen LogP contribution is -2.03. The van der Waals surface area contributed by atoms with E-state index in [0.717, 1.165) is 5.69 Å². The Morgan fingerprint density at radius 3 is 2.15 bits per heavy atom. The largest absolute Gasteiger partial charge is 0.382 e. The summed E-state index contributed by atoms with van der Waals surface area (Å²) < 4.78 is 11.9. The second kappa shape index (κ2) is 4.26. The Kier molecular flexibility index (Phi) is 3.29. The van der Waals surface area contributed by atoms with Crippen molar-refractivity contribution < 1.29 is 4.39 Å². The molecule has 2 heteroatoms. The molecule has 1 aromatic rings. The minimum absolute atomic E-state index is 0.327. The highest BCUT2D eigenvalue weighted by Crippen LogP contribution is 2.18. The number of hydrogen-bond acceptors (Lipinski definition) is 1. The van der Waals surface area contributed by atoms with Crippen molar-refractivity contribution in [3.05, 3.63) is 28.8 Å². The summed E-state index contributed by atoms with van der Waals surface area (Å²) in [5, 5.41) is 3.03. The molecule has 0 unspecified atom stereocenters. The monoisotopic (exact) mass is 181 g/mol. The molecule has 0 amide bonds. The molecule has 1 N–H and O–H groups in total. The van der Waals surface area contributed by atoms with E-state index in [4.69, 9.17) is 0 Å². The van der Waals surface area contributed by atoms with E-state index in [1.54, 1.807) is 0 Å². The summed E-state index contributed by atoms with van der Waals surface area (Å²) in [4.78, 5) is 0. The molecule has 13 heavy (non-hydrogen) atoms. The quantitative estimate of drug-likeness (QED) is 0.755. The van der Waals surface area contributed by atoms with Crippen LogP contribution in [0.25, 0.3) is 0 Å². The topological polar surface area (TPSA) is 12.0 Å². The molecule has 72 valence electrons. The van der Waals surface area contributed by atoms with Crippen LogP contribution in [0.5, 0.6) is 0 Å². The fourth-order valence-electron chi connectivity index (χ4n) is 1.33. The Morgan fingerprint density at radius 2 is 1.69 bits per heavy atom. The van der Waals surface area contributed by atoms with Gasteiger partial charge in [0.25, 0.3) is 0 Å². The van der Waals surface area contributed by atoms with Crippen LogP contribution in [0, 0.1) is 20.8 Å². The standard InChI is InChI=1S/C11H16FN/c1-8-6-11(13-5-4-12)7-9(2)10(8)3/h6-7,13H,4-5H2,1-3H3. The first-order valence-corrected chi connectivity index (χ1v) is 4.53. The van der Waals surface area contributed by atoms with Gasteiger partial charge in [0.1, 0.15) is 6.67 Å². The molecule has 0 bridgehead atoms. The van der Waals surface area contributed by atoms with Gasteiger partial charge in [0.2, 0.25) is 0 Å². The number of benzene rings is 1. The highest BCUT2D eigenvalue weighted by molar-refractivity contribution is 5.51. The highest BCUT2D eigenvalue weighted by atomic mass is 19.1. The summed E-state index contributed by atoms with van der Waals surface area (Å²) in [6, 6.07) is 4.11. The van der Waals surface area contributed by atoms with E-state index in [2.05, 4.69) is 38.2 Å². The normalized spacial score (nSPS) is 10.2. The number of alkyl halides is 1. The number of nitrogens with one attached hydrogen (secondary N) is 1. The Labute approximate surface area is 79.0 Å². The van der Waals surface area contributed by atoms with Crippen LogP contribution in [0.2, 0.25) is 0 Å². The summed E-state index contributed by atoms with van der Waals surface area (Å²) in [5.41, 5.74) is 4.83. The van der Waals surface area contributed by atoms with Crippen LogP contribution in [-0.4, -0.2) is 13.2 Å². The number of halogens is 1. The summed E-state index contributed by atoms with van der Waals surface area (Å²) in [6.45, 7) is 6.31. The molecule has 0 saturated carbocycles. The molecule has 1 rings (SSSR count). The van der Waals surface area contributed by atoms with Crippen LogP contribution in [0.15, 0.2) is 12.1 Å². The van der Waals surface area contributed by atoms with E-state index in [1.807, 2.05) is 0 Å². The van der Waals surface area contributed by atoms with Crippen LogP contribution < -0.4 is 5.32 Å². The predicted octanol–water partition coefficient (Wildman–Crippen LogP) is 2.99. The van der Waals surface area contributed by atoms with Crippen LogP contribution in [0.1, 0.15) is 16.7 Å². The van der Waals surface area contributed by atoms with Crippen LogP contribution in [-0.2, 0) is 0 Å². The molecule has 0 atom stereocenters. The van der Waals surface area contributed by atoms with Crippen molar-refractivity contribution in [1.29, 1.82) is 0 Å². The predicted molar refractivity (Wildman–Crippen MR) is 55.1 cm³/mol. The fourth-order valence-corrected chi connectivity index (χ4v) is 1.33. The van der Waals surface area contributed by atoms with Crippen LogP contribution in [0.4, 0.5) is 10.1 Å². The molecule has 1 nitrogen and oxygen atoms in total. The van der Waals surface area contributed by atoms with Gasteiger partial charge in [-0.15, -0.1) is 0 Å². The van der Waals surface area contributed by atoms with E-state index in [1.165, 1.54) is 16.7 Å². The molecule has 0 saturated heterocycles. The third-order valence-corrected chi connectivity index (χ3v) is 2.35. The molecule has 0 aliphatic heterocycles. The zero-order chi connectivity index (χ0) is 9.84. The minimum Gasteiger partial charge on any atom is -0.382 e. The Morgan fingerprint density at radius 1 is 1.15 bits per heavy atom. The maximum atomic E-state index is 11.9. The van der Waals surface area contributed by atoms with E-state index in [-0.39, 0.29) is 6.67 Å². The zero-order valence-corrected chi connectivity index (χ0v) is 8.45. The lowest BCUT2D eigenvalue weighted by molar-refractivity contribution is 0.513. The Balaban J connectivity index is 2.86. The molecule has 0 spiro atoms. The van der Waals surface area contributed by atoms with Gasteiger partial charge in [-0.2, -0.15) is 0 Å². The van der Waals surface area contributed by atoms with Gasteiger partial charge in [-0.3, -0.25) is 0 Å². The summed E-state index contributed by atoms with van der Waals surface area (Å²) >= 11 is 0. The van der Waals surface area contributed by atoms with Gasteiger partial charge < -0.3 is 5.32 Å². The van der Waals surface area contributed by atoms with Gasteiger partial charge in [0.05, 0.1) is 0 Å². The molecule has 0 aliphatic rings. The lowest BCUT2D eigenvalue weighted by Gasteiger charge is -2.09. The summed E-state index contributed by atoms with van der Waals surface area (Å²) in [5.74, 6) is 0. The van der Waals surface area contributed by atoms with E-state index in [9.17, 15) is 4.39 Å². The van der Waals surface area contributed by atoms with Crippen LogP contribution >= 0.6 is 0 Å². The average Bonchev–Trinajstić information content (AvgIpc) is 2.10. The van der Waals surface area contributed by atoms with Crippen molar-refractivity contribution in [2.45, 2.75) is 20.8 Å². The highest BCUT2D eigenvalue weighted by Gasteiger charge is 1.99. The van der Waals surface area contributed by atoms with Gasteiger partial charge in [-0.1, -0.05) is 0 Å². The van der Waals surface area contributed by atoms with Crippen molar-refractivity contribution >= 4 is 5.69 Å². The molecular formula is C11H16FN. The first kappa shape index (κ1) is 10.0. The minimum atomic E-state index is -0.327. The second-order valence-electron chi connectivity index (χ2n) is 3.35. The fraction of sp³-hybridized carbons (Fsp3) is 0.455. The van der Waals surface area contributed by atoms with Crippen molar-refractivity contribution in [2.75, 3.05) is 18.5 Å².